The Kier molecular flexibility index (Phi) is 5.75. The van der Waals surface area contributed by atoms with Gasteiger partial charge in [0.15, 0.2) is 5.11 Å². The van der Waals surface area contributed by atoms with Crippen LogP contribution in [-0.2, 0) is 6.42 Å². The average Bonchev–Trinajstić information content (AvgIpc) is 2.68. The maximum Gasteiger partial charge on any atom is 0.171 e. The summed E-state index contributed by atoms with van der Waals surface area (Å²) in [5.41, 5.74) is 4.56. The smallest absolute Gasteiger partial charge is 0.171 e. The maximum absolute atomic E-state index is 5.54. The zero-order valence-corrected chi connectivity index (χ0v) is 15.0. The van der Waals surface area contributed by atoms with Crippen LogP contribution >= 0.6 is 12.2 Å². The second-order valence-corrected chi connectivity index (χ2v) is 6.18. The van der Waals surface area contributed by atoms with Crippen LogP contribution in [-0.4, -0.2) is 10.1 Å². The van der Waals surface area contributed by atoms with Crippen molar-refractivity contribution in [3.05, 3.63) is 95.8 Å². The van der Waals surface area contributed by atoms with E-state index in [1.54, 1.807) is 12.4 Å². The monoisotopic (exact) mass is 347 g/mol. The van der Waals surface area contributed by atoms with Crippen molar-refractivity contribution < 1.29 is 0 Å². The number of hydrogen-bond donors (Lipinski definition) is 2. The molecule has 0 aliphatic carbocycles. The first-order valence-electron chi connectivity index (χ1n) is 8.37. The Bertz CT molecular complexity index is 762. The van der Waals surface area contributed by atoms with E-state index in [-0.39, 0.29) is 6.04 Å². The van der Waals surface area contributed by atoms with Crippen LogP contribution in [0, 0.1) is 0 Å². The molecule has 25 heavy (non-hydrogen) atoms. The third kappa shape index (κ3) is 4.64. The van der Waals surface area contributed by atoms with Gasteiger partial charge in [0.05, 0.1) is 6.04 Å². The van der Waals surface area contributed by atoms with Crippen molar-refractivity contribution in [1.82, 2.24) is 10.3 Å². The lowest BCUT2D eigenvalue weighted by atomic mass is 10.00. The van der Waals surface area contributed by atoms with Crippen molar-refractivity contribution >= 4 is 23.0 Å². The van der Waals surface area contributed by atoms with Gasteiger partial charge in [-0.25, -0.2) is 0 Å². The number of thiocarbonyl (C=S) groups is 1. The van der Waals surface area contributed by atoms with Crippen molar-refractivity contribution in [1.29, 1.82) is 0 Å². The summed E-state index contributed by atoms with van der Waals surface area (Å²) in [6, 6.07) is 22.6. The Hall–Kier alpha value is -2.72. The fraction of sp³-hybridized carbons (Fsp3) is 0.143. The molecule has 0 fully saturated rings. The van der Waals surface area contributed by atoms with Crippen LogP contribution in [0.5, 0.6) is 0 Å². The molecule has 1 heterocycles. The Balaban J connectivity index is 1.76. The highest BCUT2D eigenvalue weighted by molar-refractivity contribution is 7.80. The summed E-state index contributed by atoms with van der Waals surface area (Å²) in [5.74, 6) is 0. The number of hydrogen-bond acceptors (Lipinski definition) is 2. The Labute approximate surface area is 154 Å². The molecular weight excluding hydrogens is 326 g/mol. The summed E-state index contributed by atoms with van der Waals surface area (Å²) >= 11 is 5.54. The second kappa shape index (κ2) is 8.40. The highest BCUT2D eigenvalue weighted by Gasteiger charge is 2.15. The first-order valence-corrected chi connectivity index (χ1v) is 8.78. The van der Waals surface area contributed by atoms with Crippen LogP contribution in [0.15, 0.2) is 79.1 Å². The van der Waals surface area contributed by atoms with Crippen LogP contribution in [0.25, 0.3) is 0 Å². The lowest BCUT2D eigenvalue weighted by Gasteiger charge is -2.22. The molecule has 3 aromatic rings. The van der Waals surface area contributed by atoms with Gasteiger partial charge in [0.2, 0.25) is 0 Å². The fourth-order valence-corrected chi connectivity index (χ4v) is 2.92. The van der Waals surface area contributed by atoms with Crippen molar-refractivity contribution in [3.63, 3.8) is 0 Å². The van der Waals surface area contributed by atoms with Gasteiger partial charge < -0.3 is 10.6 Å². The van der Waals surface area contributed by atoms with Gasteiger partial charge in [0, 0.05) is 18.1 Å². The number of anilines is 1. The molecule has 3 nitrogen and oxygen atoms in total. The Morgan fingerprint density at radius 2 is 1.56 bits per heavy atom. The van der Waals surface area contributed by atoms with Crippen molar-refractivity contribution in [2.75, 3.05) is 5.32 Å². The number of pyridine rings is 1. The molecule has 1 atom stereocenters. The van der Waals surface area contributed by atoms with E-state index in [9.17, 15) is 0 Å². The lowest BCUT2D eigenvalue weighted by molar-refractivity contribution is 0.767. The normalized spacial score (nSPS) is 11.6. The molecule has 3 rings (SSSR count). The first-order chi connectivity index (χ1) is 12.3. The summed E-state index contributed by atoms with van der Waals surface area (Å²) in [4.78, 5) is 4.11. The molecule has 2 N–H and O–H groups in total. The molecule has 1 aromatic heterocycles. The van der Waals surface area contributed by atoms with E-state index < -0.39 is 0 Å². The predicted molar refractivity (Wildman–Crippen MR) is 108 cm³/mol. The molecule has 0 saturated heterocycles. The molecule has 0 aliphatic heterocycles. The van der Waals surface area contributed by atoms with Gasteiger partial charge >= 0.3 is 0 Å². The summed E-state index contributed by atoms with van der Waals surface area (Å²) in [6.45, 7) is 2.15. The number of rotatable bonds is 5. The molecule has 126 valence electrons. The average molecular weight is 347 g/mol. The molecule has 0 amide bonds. The van der Waals surface area contributed by atoms with Gasteiger partial charge in [-0.15, -0.1) is 0 Å². The molecule has 0 spiro atoms. The number of aromatic nitrogens is 1. The molecule has 0 unspecified atom stereocenters. The van der Waals surface area contributed by atoms with Crippen molar-refractivity contribution in [2.45, 2.75) is 19.4 Å². The zero-order chi connectivity index (χ0) is 17.5. The van der Waals surface area contributed by atoms with E-state index in [0.29, 0.717) is 5.11 Å². The zero-order valence-electron chi connectivity index (χ0n) is 14.1. The molecule has 0 bridgehead atoms. The molecule has 0 aliphatic rings. The van der Waals surface area contributed by atoms with Gasteiger partial charge in [-0.1, -0.05) is 49.4 Å². The van der Waals surface area contributed by atoms with Gasteiger partial charge in [-0.3, -0.25) is 4.98 Å². The van der Waals surface area contributed by atoms with Crippen LogP contribution in [0.2, 0.25) is 0 Å². The highest BCUT2D eigenvalue weighted by atomic mass is 32.1. The minimum Gasteiger partial charge on any atom is -0.352 e. The summed E-state index contributed by atoms with van der Waals surface area (Å²) in [6.07, 6.45) is 4.63. The highest BCUT2D eigenvalue weighted by Crippen LogP contribution is 2.21. The summed E-state index contributed by atoms with van der Waals surface area (Å²) in [5, 5.41) is 7.28. The van der Waals surface area contributed by atoms with Gasteiger partial charge in [0.25, 0.3) is 0 Å². The number of benzene rings is 2. The van der Waals surface area contributed by atoms with Crippen LogP contribution in [0.1, 0.15) is 29.7 Å². The van der Waals surface area contributed by atoms with Crippen LogP contribution in [0.4, 0.5) is 5.69 Å². The largest absolute Gasteiger partial charge is 0.352 e. The SMILES string of the molecule is CCc1ccc(NC(=S)N[C@H](c2ccccc2)c2ccncc2)cc1. The van der Waals surface area contributed by atoms with Crippen molar-refractivity contribution in [2.24, 2.45) is 0 Å². The molecule has 0 saturated carbocycles. The lowest BCUT2D eigenvalue weighted by Crippen LogP contribution is -2.33. The van der Waals surface area contributed by atoms with Gasteiger partial charge in [-0.05, 0) is 59.6 Å². The van der Waals surface area contributed by atoms with E-state index >= 15 is 0 Å². The fourth-order valence-electron chi connectivity index (χ4n) is 2.68. The van der Waals surface area contributed by atoms with E-state index in [4.69, 9.17) is 12.2 Å². The van der Waals surface area contributed by atoms with Crippen molar-refractivity contribution in [3.8, 4) is 0 Å². The Morgan fingerprint density at radius 1 is 0.920 bits per heavy atom. The number of aryl methyl sites for hydroxylation is 1. The standard InChI is InChI=1S/C21H21N3S/c1-2-16-8-10-19(11-9-16)23-21(25)24-20(17-6-4-3-5-7-17)18-12-14-22-15-13-18/h3-15,20H,2H2,1H3,(H2,23,24,25)/t20-/m1/s1. The third-order valence-electron chi connectivity index (χ3n) is 4.07. The first kappa shape index (κ1) is 17.1. The van der Waals surface area contributed by atoms with E-state index in [1.165, 1.54) is 5.56 Å². The van der Waals surface area contributed by atoms with Crippen LogP contribution < -0.4 is 10.6 Å². The van der Waals surface area contributed by atoms with Crippen LogP contribution in [0.3, 0.4) is 0 Å². The molecule has 0 radical (unpaired) electrons. The third-order valence-corrected chi connectivity index (χ3v) is 4.29. The topological polar surface area (TPSA) is 37.0 Å². The van der Waals surface area contributed by atoms with E-state index in [0.717, 1.165) is 23.2 Å². The number of nitrogens with one attached hydrogen (secondary N) is 2. The molecule has 4 heteroatoms. The minimum absolute atomic E-state index is 0.0286. The minimum atomic E-state index is -0.0286. The Morgan fingerprint density at radius 3 is 2.20 bits per heavy atom. The second-order valence-electron chi connectivity index (χ2n) is 5.77. The maximum atomic E-state index is 5.54. The summed E-state index contributed by atoms with van der Waals surface area (Å²) in [7, 11) is 0. The predicted octanol–water partition coefficient (Wildman–Crippen LogP) is 4.72. The molecular formula is C21H21N3S. The quantitative estimate of drug-likeness (QED) is 0.655. The van der Waals surface area contributed by atoms with Gasteiger partial charge in [-0.2, -0.15) is 0 Å². The molecule has 2 aromatic carbocycles. The van der Waals surface area contributed by atoms with Gasteiger partial charge in [0.1, 0.15) is 0 Å². The number of nitrogens with zero attached hydrogens (tertiary/aromatic N) is 1. The van der Waals surface area contributed by atoms with E-state index in [1.807, 2.05) is 30.3 Å². The summed E-state index contributed by atoms with van der Waals surface area (Å²) < 4.78 is 0. The van der Waals surface area contributed by atoms with E-state index in [2.05, 4.69) is 58.9 Å².